The van der Waals surface area contributed by atoms with E-state index in [0.717, 1.165) is 0 Å². The van der Waals surface area contributed by atoms with E-state index in [1.54, 1.807) is 6.92 Å². The van der Waals surface area contributed by atoms with Gasteiger partial charge in [0.15, 0.2) is 17.2 Å². The molecule has 6 nitrogen and oxygen atoms in total. The predicted molar refractivity (Wildman–Crippen MR) is 64.8 cm³/mol. The highest BCUT2D eigenvalue weighted by atomic mass is 16.7. The number of carbonyl (C=O) groups is 1. The van der Waals surface area contributed by atoms with Gasteiger partial charge in [-0.2, -0.15) is 0 Å². The lowest BCUT2D eigenvalue weighted by Crippen LogP contribution is -2.13. The Morgan fingerprint density at radius 2 is 2.00 bits per heavy atom. The lowest BCUT2D eigenvalue weighted by molar-refractivity contribution is 0.151. The lowest BCUT2D eigenvalue weighted by atomic mass is 10.3. The van der Waals surface area contributed by atoms with Crippen molar-refractivity contribution < 1.29 is 28.5 Å². The van der Waals surface area contributed by atoms with Gasteiger partial charge in [-0.1, -0.05) is 0 Å². The van der Waals surface area contributed by atoms with Gasteiger partial charge < -0.3 is 23.7 Å². The van der Waals surface area contributed by atoms with Gasteiger partial charge in [-0.25, -0.2) is 4.79 Å². The Bertz CT molecular complexity index is 587. The van der Waals surface area contributed by atoms with Crippen LogP contribution >= 0.6 is 0 Å². The molecule has 2 rings (SSSR count). The van der Waals surface area contributed by atoms with Crippen molar-refractivity contribution in [1.82, 2.24) is 0 Å². The Balaban J connectivity index is 2.03. The third kappa shape index (κ3) is 2.98. The number of carbonyl (C=O) groups excluding carboxylic acids is 1. The number of furan rings is 1. The molecule has 0 aliphatic carbocycles. The fourth-order valence-corrected chi connectivity index (χ4v) is 1.42. The van der Waals surface area contributed by atoms with Crippen LogP contribution in [0.5, 0.6) is 23.0 Å². The monoisotopic (exact) mass is 264 g/mol. The van der Waals surface area contributed by atoms with E-state index in [2.05, 4.69) is 0 Å². The molecule has 0 fully saturated rings. The van der Waals surface area contributed by atoms with Crippen molar-refractivity contribution in [2.45, 2.75) is 6.92 Å². The number of hydrogen-bond acceptors (Lipinski definition) is 6. The highest BCUT2D eigenvalue weighted by molar-refractivity contribution is 5.67. The minimum atomic E-state index is -0.922. The largest absolute Gasteiger partial charge is 0.519 e. The number of aromatic hydroxyl groups is 1. The van der Waals surface area contributed by atoms with E-state index < -0.39 is 6.16 Å². The summed E-state index contributed by atoms with van der Waals surface area (Å²) in [5, 5.41) is 9.53. The van der Waals surface area contributed by atoms with Crippen molar-refractivity contribution in [1.29, 1.82) is 0 Å². The first-order valence-corrected chi connectivity index (χ1v) is 5.41. The SMILES string of the molecule is COc1ccc(OC(=O)Oc2ccoc2C)cc1O. The molecule has 0 unspecified atom stereocenters. The second-order valence-electron chi connectivity index (χ2n) is 3.63. The summed E-state index contributed by atoms with van der Waals surface area (Å²) < 4.78 is 19.7. The summed E-state index contributed by atoms with van der Waals surface area (Å²) in [4.78, 5) is 11.5. The van der Waals surface area contributed by atoms with Gasteiger partial charge in [-0.3, -0.25) is 0 Å². The molecule has 19 heavy (non-hydrogen) atoms. The van der Waals surface area contributed by atoms with Crippen molar-refractivity contribution >= 4 is 6.16 Å². The number of methoxy groups -OCH3 is 1. The normalized spacial score (nSPS) is 10.0. The maximum absolute atomic E-state index is 11.5. The Morgan fingerprint density at radius 1 is 1.21 bits per heavy atom. The quantitative estimate of drug-likeness (QED) is 0.678. The standard InChI is InChI=1S/C13H12O6/c1-8-11(5-6-17-8)19-13(15)18-9-3-4-12(16-2)10(14)7-9/h3-7,14H,1-2H3. The van der Waals surface area contributed by atoms with Crippen LogP contribution in [0.2, 0.25) is 0 Å². The molecule has 0 spiro atoms. The van der Waals surface area contributed by atoms with E-state index in [4.69, 9.17) is 18.6 Å². The minimum Gasteiger partial charge on any atom is -0.504 e. The zero-order valence-electron chi connectivity index (χ0n) is 10.4. The van der Waals surface area contributed by atoms with Gasteiger partial charge in [0.1, 0.15) is 11.5 Å². The van der Waals surface area contributed by atoms with Gasteiger partial charge in [-0.15, -0.1) is 0 Å². The third-order valence-electron chi connectivity index (χ3n) is 2.36. The average molecular weight is 264 g/mol. The molecule has 1 N–H and O–H groups in total. The zero-order chi connectivity index (χ0) is 13.8. The van der Waals surface area contributed by atoms with Crippen molar-refractivity contribution in [3.63, 3.8) is 0 Å². The Morgan fingerprint density at radius 3 is 2.58 bits per heavy atom. The second kappa shape index (κ2) is 5.34. The summed E-state index contributed by atoms with van der Waals surface area (Å²) in [7, 11) is 1.42. The van der Waals surface area contributed by atoms with E-state index in [0.29, 0.717) is 5.76 Å². The van der Waals surface area contributed by atoms with Gasteiger partial charge in [0, 0.05) is 12.1 Å². The summed E-state index contributed by atoms with van der Waals surface area (Å²) in [6.07, 6.45) is 0.478. The Hall–Kier alpha value is -2.63. The predicted octanol–water partition coefficient (Wildman–Crippen LogP) is 2.88. The fraction of sp³-hybridized carbons (Fsp3) is 0.154. The molecule has 0 amide bonds. The first-order chi connectivity index (χ1) is 9.10. The highest BCUT2D eigenvalue weighted by Gasteiger charge is 2.12. The van der Waals surface area contributed by atoms with Gasteiger partial charge in [0.05, 0.1) is 13.4 Å². The van der Waals surface area contributed by atoms with Gasteiger partial charge in [0.2, 0.25) is 0 Å². The molecule has 2 aromatic rings. The zero-order valence-corrected chi connectivity index (χ0v) is 10.4. The summed E-state index contributed by atoms with van der Waals surface area (Å²) in [5.41, 5.74) is 0. The smallest absolute Gasteiger partial charge is 0.504 e. The van der Waals surface area contributed by atoms with E-state index in [9.17, 15) is 9.90 Å². The molecule has 0 radical (unpaired) electrons. The molecule has 0 aliphatic heterocycles. The lowest BCUT2D eigenvalue weighted by Gasteiger charge is -2.07. The van der Waals surface area contributed by atoms with Crippen LogP contribution in [-0.2, 0) is 0 Å². The fourth-order valence-electron chi connectivity index (χ4n) is 1.42. The molecule has 0 saturated heterocycles. The van der Waals surface area contributed by atoms with Crippen LogP contribution in [0.25, 0.3) is 0 Å². The molecule has 0 saturated carbocycles. The van der Waals surface area contributed by atoms with Crippen molar-refractivity contribution in [3.05, 3.63) is 36.3 Å². The van der Waals surface area contributed by atoms with Crippen LogP contribution in [0.1, 0.15) is 5.76 Å². The summed E-state index contributed by atoms with van der Waals surface area (Å²) in [6, 6.07) is 5.70. The number of benzene rings is 1. The average Bonchev–Trinajstić information content (AvgIpc) is 2.75. The van der Waals surface area contributed by atoms with Crippen LogP contribution in [0.4, 0.5) is 4.79 Å². The Kier molecular flexibility index (Phi) is 3.61. The number of phenolic OH excluding ortho intramolecular Hbond substituents is 1. The van der Waals surface area contributed by atoms with Crippen molar-refractivity contribution in [3.8, 4) is 23.0 Å². The number of ether oxygens (including phenoxy) is 3. The maximum atomic E-state index is 11.5. The van der Waals surface area contributed by atoms with E-state index in [1.165, 1.54) is 37.6 Å². The topological polar surface area (TPSA) is 78.1 Å². The maximum Gasteiger partial charge on any atom is 0.519 e. The molecule has 0 bridgehead atoms. The van der Waals surface area contributed by atoms with Gasteiger partial charge in [-0.05, 0) is 19.1 Å². The third-order valence-corrected chi connectivity index (χ3v) is 2.36. The van der Waals surface area contributed by atoms with E-state index in [1.807, 2.05) is 0 Å². The van der Waals surface area contributed by atoms with Crippen LogP contribution in [0.15, 0.2) is 34.9 Å². The van der Waals surface area contributed by atoms with Gasteiger partial charge >= 0.3 is 6.16 Å². The summed E-state index contributed by atoms with van der Waals surface area (Å²) in [5.74, 6) is 1.04. The molecule has 0 aliphatic rings. The second-order valence-corrected chi connectivity index (χ2v) is 3.63. The summed E-state index contributed by atoms with van der Waals surface area (Å²) in [6.45, 7) is 1.65. The van der Waals surface area contributed by atoms with Crippen LogP contribution < -0.4 is 14.2 Å². The first kappa shape index (κ1) is 12.8. The van der Waals surface area contributed by atoms with Gasteiger partial charge in [0.25, 0.3) is 0 Å². The van der Waals surface area contributed by atoms with Crippen molar-refractivity contribution in [2.75, 3.05) is 7.11 Å². The molecule has 0 atom stereocenters. The molecular weight excluding hydrogens is 252 g/mol. The summed E-state index contributed by atoms with van der Waals surface area (Å²) >= 11 is 0. The highest BCUT2D eigenvalue weighted by Crippen LogP contribution is 2.30. The Labute approximate surface area is 109 Å². The van der Waals surface area contributed by atoms with Crippen LogP contribution in [0, 0.1) is 6.92 Å². The molecule has 1 aromatic heterocycles. The number of aryl methyl sites for hydroxylation is 1. The number of phenols is 1. The molecule has 100 valence electrons. The van der Waals surface area contributed by atoms with Crippen molar-refractivity contribution in [2.24, 2.45) is 0 Å². The van der Waals surface area contributed by atoms with E-state index in [-0.39, 0.29) is 23.0 Å². The van der Waals surface area contributed by atoms with Crippen LogP contribution in [-0.4, -0.2) is 18.4 Å². The molecule has 1 aromatic carbocycles. The minimum absolute atomic E-state index is 0.132. The molecular formula is C13H12O6. The number of rotatable bonds is 3. The van der Waals surface area contributed by atoms with E-state index >= 15 is 0 Å². The first-order valence-electron chi connectivity index (χ1n) is 5.41. The molecule has 6 heteroatoms. The van der Waals surface area contributed by atoms with Crippen LogP contribution in [0.3, 0.4) is 0 Å². The molecule has 1 heterocycles. The number of hydrogen-bond donors (Lipinski definition) is 1.